The lowest BCUT2D eigenvalue weighted by molar-refractivity contribution is -0.114. The van der Waals surface area contributed by atoms with Crippen LogP contribution in [0.25, 0.3) is 11.0 Å². The fraction of sp³-hybridized carbons (Fsp3) is 0.167. The van der Waals surface area contributed by atoms with Crippen molar-refractivity contribution in [2.75, 3.05) is 23.8 Å². The van der Waals surface area contributed by atoms with Gasteiger partial charge in [0.1, 0.15) is 5.82 Å². The molecule has 3 aromatic rings. The Kier molecular flexibility index (Phi) is 4.76. The number of aryl methyl sites for hydroxylation is 1. The molecule has 3 rings (SSSR count). The minimum atomic E-state index is -0.0992. The van der Waals surface area contributed by atoms with E-state index in [1.54, 1.807) is 11.1 Å². The number of carbonyl (C=O) groups excluding carboxylic acids is 1. The van der Waals surface area contributed by atoms with E-state index in [1.165, 1.54) is 0 Å². The lowest BCUT2D eigenvalue weighted by atomic mass is 10.2. The van der Waals surface area contributed by atoms with Gasteiger partial charge in [-0.2, -0.15) is 0 Å². The van der Waals surface area contributed by atoms with Crippen LogP contribution in [-0.2, 0) is 4.79 Å². The Hall–Kier alpha value is -2.47. The molecule has 0 unspecified atom stereocenters. The molecule has 1 heterocycles. The topological polar surface area (TPSA) is 58.1 Å². The first kappa shape index (κ1) is 16.4. The van der Waals surface area contributed by atoms with Gasteiger partial charge in [-0.25, -0.2) is 4.98 Å². The van der Waals surface area contributed by atoms with Gasteiger partial charge in [-0.1, -0.05) is 28.1 Å². The lowest BCUT2D eigenvalue weighted by Crippen LogP contribution is -2.30. The van der Waals surface area contributed by atoms with E-state index in [1.807, 2.05) is 56.4 Å². The smallest absolute Gasteiger partial charge is 0.243 e. The van der Waals surface area contributed by atoms with Gasteiger partial charge in [-0.05, 0) is 42.8 Å². The summed E-state index contributed by atoms with van der Waals surface area (Å²) in [6.45, 7) is 2.15. The quantitative estimate of drug-likeness (QED) is 0.743. The second-order valence-corrected chi connectivity index (χ2v) is 6.50. The van der Waals surface area contributed by atoms with E-state index in [0.717, 1.165) is 26.8 Å². The average Bonchev–Trinajstić information content (AvgIpc) is 2.57. The van der Waals surface area contributed by atoms with Gasteiger partial charge in [-0.15, -0.1) is 0 Å². The number of para-hydroxylation sites is 2. The lowest BCUT2D eigenvalue weighted by Gasteiger charge is -2.18. The number of nitrogens with zero attached hydrogens (tertiary/aromatic N) is 3. The van der Waals surface area contributed by atoms with Crippen molar-refractivity contribution in [2.24, 2.45) is 0 Å². The van der Waals surface area contributed by atoms with Crippen molar-refractivity contribution >= 4 is 44.4 Å². The van der Waals surface area contributed by atoms with Crippen LogP contribution in [0.15, 0.2) is 53.1 Å². The molecule has 0 bridgehead atoms. The first-order valence-electron chi connectivity index (χ1n) is 7.52. The van der Waals surface area contributed by atoms with E-state index in [0.29, 0.717) is 5.82 Å². The number of likely N-dealkylation sites (N-methyl/N-ethyl adjacent to an activating group) is 1. The third kappa shape index (κ3) is 3.71. The van der Waals surface area contributed by atoms with E-state index < -0.39 is 0 Å². The molecular weight excluding hydrogens is 368 g/mol. The molecule has 0 aliphatic heterocycles. The Morgan fingerprint density at radius 3 is 2.71 bits per heavy atom. The molecule has 0 spiro atoms. The molecule has 0 aliphatic carbocycles. The summed E-state index contributed by atoms with van der Waals surface area (Å²) >= 11 is 3.42. The molecule has 0 saturated carbocycles. The molecule has 24 heavy (non-hydrogen) atoms. The van der Waals surface area contributed by atoms with Crippen molar-refractivity contribution in [2.45, 2.75) is 6.92 Å². The molecule has 2 aromatic carbocycles. The monoisotopic (exact) mass is 384 g/mol. The molecule has 122 valence electrons. The number of rotatable bonds is 4. The Labute approximate surface area is 148 Å². The van der Waals surface area contributed by atoms with Gasteiger partial charge in [0.25, 0.3) is 0 Å². The predicted molar refractivity (Wildman–Crippen MR) is 100 cm³/mol. The van der Waals surface area contributed by atoms with E-state index in [4.69, 9.17) is 0 Å². The second kappa shape index (κ2) is 6.97. The third-order valence-electron chi connectivity index (χ3n) is 3.67. The van der Waals surface area contributed by atoms with Crippen LogP contribution in [0, 0.1) is 6.92 Å². The Balaban J connectivity index is 1.70. The van der Waals surface area contributed by atoms with Gasteiger partial charge in [-0.3, -0.25) is 9.78 Å². The zero-order chi connectivity index (χ0) is 17.1. The number of carbonyl (C=O) groups is 1. The van der Waals surface area contributed by atoms with Crippen LogP contribution < -0.4 is 10.2 Å². The van der Waals surface area contributed by atoms with Crippen LogP contribution in [-0.4, -0.2) is 29.5 Å². The predicted octanol–water partition coefficient (Wildman–Crippen LogP) is 3.78. The molecular formula is C18H17BrN4O. The highest BCUT2D eigenvalue weighted by molar-refractivity contribution is 9.10. The van der Waals surface area contributed by atoms with Gasteiger partial charge >= 0.3 is 0 Å². The largest absolute Gasteiger partial charge is 0.349 e. The fourth-order valence-electron chi connectivity index (χ4n) is 2.38. The molecule has 0 aliphatic rings. The molecule has 6 heteroatoms. The summed E-state index contributed by atoms with van der Waals surface area (Å²) in [6, 6.07) is 13.4. The molecule has 1 N–H and O–H groups in total. The number of amides is 1. The minimum absolute atomic E-state index is 0.0992. The van der Waals surface area contributed by atoms with Crippen LogP contribution in [0.1, 0.15) is 5.56 Å². The van der Waals surface area contributed by atoms with Crippen LogP contribution in [0.5, 0.6) is 0 Å². The second-order valence-electron chi connectivity index (χ2n) is 5.58. The highest BCUT2D eigenvalue weighted by Crippen LogP contribution is 2.20. The molecule has 0 fully saturated rings. The van der Waals surface area contributed by atoms with Crippen molar-refractivity contribution in [3.8, 4) is 0 Å². The Morgan fingerprint density at radius 2 is 1.96 bits per heavy atom. The number of fused-ring (bicyclic) bond motifs is 1. The van der Waals surface area contributed by atoms with Gasteiger partial charge in [0.15, 0.2) is 0 Å². The molecule has 1 amide bonds. The third-order valence-corrected chi connectivity index (χ3v) is 4.16. The molecule has 0 radical (unpaired) electrons. The maximum atomic E-state index is 12.3. The minimum Gasteiger partial charge on any atom is -0.349 e. The summed E-state index contributed by atoms with van der Waals surface area (Å²) in [5.41, 5.74) is 3.46. The summed E-state index contributed by atoms with van der Waals surface area (Å²) in [5.74, 6) is 0.564. The maximum Gasteiger partial charge on any atom is 0.243 e. The van der Waals surface area contributed by atoms with E-state index in [-0.39, 0.29) is 12.5 Å². The van der Waals surface area contributed by atoms with Crippen LogP contribution in [0.4, 0.5) is 11.5 Å². The number of nitrogens with one attached hydrogen (secondary N) is 1. The van der Waals surface area contributed by atoms with Crippen LogP contribution in [0.2, 0.25) is 0 Å². The van der Waals surface area contributed by atoms with Gasteiger partial charge in [0, 0.05) is 17.2 Å². The normalized spacial score (nSPS) is 10.6. The molecule has 0 atom stereocenters. The summed E-state index contributed by atoms with van der Waals surface area (Å²) in [7, 11) is 1.83. The summed E-state index contributed by atoms with van der Waals surface area (Å²) < 4.78 is 0.988. The van der Waals surface area contributed by atoms with Gasteiger partial charge < -0.3 is 10.2 Å². The van der Waals surface area contributed by atoms with Crippen LogP contribution >= 0.6 is 15.9 Å². The number of anilines is 2. The van der Waals surface area contributed by atoms with Crippen molar-refractivity contribution in [1.82, 2.24) is 9.97 Å². The number of halogens is 1. The Morgan fingerprint density at radius 1 is 1.21 bits per heavy atom. The zero-order valence-corrected chi connectivity index (χ0v) is 15.0. The molecule has 0 saturated heterocycles. The first-order chi connectivity index (χ1) is 11.5. The van der Waals surface area contributed by atoms with E-state index >= 15 is 0 Å². The molecule has 1 aromatic heterocycles. The number of benzene rings is 2. The number of hydrogen-bond acceptors (Lipinski definition) is 4. The van der Waals surface area contributed by atoms with Crippen molar-refractivity contribution < 1.29 is 4.79 Å². The van der Waals surface area contributed by atoms with Crippen molar-refractivity contribution in [3.05, 3.63) is 58.7 Å². The van der Waals surface area contributed by atoms with Gasteiger partial charge in [0.2, 0.25) is 5.91 Å². The van der Waals surface area contributed by atoms with Gasteiger partial charge in [0.05, 0.1) is 23.8 Å². The van der Waals surface area contributed by atoms with Crippen molar-refractivity contribution in [3.63, 3.8) is 0 Å². The summed E-state index contributed by atoms with van der Waals surface area (Å²) in [5, 5.41) is 2.93. The first-order valence-corrected chi connectivity index (χ1v) is 8.31. The molecule has 5 nitrogen and oxygen atoms in total. The van der Waals surface area contributed by atoms with E-state index in [9.17, 15) is 4.79 Å². The standard InChI is InChI=1S/C18H17BrN4O/c1-12-9-13(19)7-8-14(12)22-18(24)11-23(2)17-10-20-15-5-3-4-6-16(15)21-17/h3-10H,11H2,1-2H3,(H,22,24). The van der Waals surface area contributed by atoms with Crippen molar-refractivity contribution in [1.29, 1.82) is 0 Å². The summed E-state index contributed by atoms with van der Waals surface area (Å²) in [4.78, 5) is 23.0. The Bertz CT molecular complexity index is 897. The number of aromatic nitrogens is 2. The highest BCUT2D eigenvalue weighted by Gasteiger charge is 2.11. The fourth-order valence-corrected chi connectivity index (χ4v) is 2.86. The van der Waals surface area contributed by atoms with Crippen LogP contribution in [0.3, 0.4) is 0 Å². The average molecular weight is 385 g/mol. The summed E-state index contributed by atoms with van der Waals surface area (Å²) in [6.07, 6.45) is 1.68. The van der Waals surface area contributed by atoms with E-state index in [2.05, 4.69) is 31.2 Å². The number of hydrogen-bond donors (Lipinski definition) is 1. The zero-order valence-electron chi connectivity index (χ0n) is 13.5. The maximum absolute atomic E-state index is 12.3. The SMILES string of the molecule is Cc1cc(Br)ccc1NC(=O)CN(C)c1cnc2ccccc2n1. The highest BCUT2D eigenvalue weighted by atomic mass is 79.9.